The van der Waals surface area contributed by atoms with Crippen molar-refractivity contribution in [2.24, 2.45) is 5.92 Å². The van der Waals surface area contributed by atoms with Crippen molar-refractivity contribution in [2.45, 2.75) is 64.7 Å². The zero-order valence-corrected chi connectivity index (χ0v) is 35.9. The topological polar surface area (TPSA) is 140 Å². The van der Waals surface area contributed by atoms with E-state index in [1.165, 1.54) is 7.11 Å². The fourth-order valence-corrected chi connectivity index (χ4v) is 10.7. The number of rotatable bonds is 11. The molecule has 0 bridgehead atoms. The van der Waals surface area contributed by atoms with E-state index in [9.17, 15) is 14.4 Å². The van der Waals surface area contributed by atoms with E-state index in [4.69, 9.17) is 14.7 Å². The van der Waals surface area contributed by atoms with Crippen LogP contribution in [0.5, 0.6) is 0 Å². The van der Waals surface area contributed by atoms with Gasteiger partial charge >= 0.3 is 6.09 Å². The number of hydrogen-bond donors (Lipinski definition) is 3. The maximum absolute atomic E-state index is 14.5. The monoisotopic (exact) mass is 816 g/mol. The van der Waals surface area contributed by atoms with Crippen molar-refractivity contribution in [3.63, 3.8) is 0 Å². The molecule has 4 heterocycles. The van der Waals surface area contributed by atoms with Gasteiger partial charge in [-0.1, -0.05) is 82.0 Å². The lowest BCUT2D eigenvalue weighted by Crippen LogP contribution is -2.51. The Morgan fingerprint density at radius 3 is 2.32 bits per heavy atom. The summed E-state index contributed by atoms with van der Waals surface area (Å²) in [5, 5.41) is 2.70. The maximum Gasteiger partial charge on any atom is 0.407 e. The Labute approximate surface area is 348 Å². The largest absolute Gasteiger partial charge is 0.453 e. The molecule has 3 amide bonds. The normalized spacial score (nSPS) is 19.1. The van der Waals surface area contributed by atoms with Crippen LogP contribution in [0.3, 0.4) is 0 Å². The first-order valence-electron chi connectivity index (χ1n) is 20.5. The summed E-state index contributed by atoms with van der Waals surface area (Å²) < 4.78 is 4.77. The van der Waals surface area contributed by atoms with Gasteiger partial charge in [-0.15, -0.1) is 0 Å². The van der Waals surface area contributed by atoms with Gasteiger partial charge in [0.1, 0.15) is 23.7 Å². The van der Waals surface area contributed by atoms with Crippen LogP contribution in [0.2, 0.25) is 0 Å². The van der Waals surface area contributed by atoms with E-state index in [-0.39, 0.29) is 35.9 Å². The van der Waals surface area contributed by atoms with Crippen molar-refractivity contribution in [3.8, 4) is 23.1 Å². The molecule has 2 aliphatic heterocycles. The number of imidazole rings is 2. The van der Waals surface area contributed by atoms with E-state index in [1.807, 2.05) is 85.6 Å². The number of likely N-dealkylation sites (tertiary alicyclic amines) is 1. The maximum atomic E-state index is 14.5. The number of benzene rings is 3. The SMILES string of the molecule is CCN(CC)[C@@H](C(=O)N1CS(C)(C)C[C@H]1c1ncc(-c2ccc(C#Cc3ccc4[nH]c([C@@H]5CCCN5C(=O)[C@@H](NC(=O)OC)C(C)C)nc4c3)cc2)[nH]1)c1ccccc1. The molecule has 310 valence electrons. The molecule has 2 fully saturated rings. The highest BCUT2D eigenvalue weighted by molar-refractivity contribution is 8.32. The van der Waals surface area contributed by atoms with Crippen LogP contribution in [0.25, 0.3) is 22.3 Å². The summed E-state index contributed by atoms with van der Waals surface area (Å²) in [4.78, 5) is 63.0. The van der Waals surface area contributed by atoms with E-state index in [0.717, 1.165) is 88.2 Å². The summed E-state index contributed by atoms with van der Waals surface area (Å²) in [5.41, 5.74) is 6.27. The minimum absolute atomic E-state index is 0.106. The Morgan fingerprint density at radius 2 is 1.63 bits per heavy atom. The Hall–Kier alpha value is -5.58. The Balaban J connectivity index is 1.05. The van der Waals surface area contributed by atoms with Crippen molar-refractivity contribution in [2.75, 3.05) is 50.9 Å². The van der Waals surface area contributed by atoms with Gasteiger partial charge in [0.25, 0.3) is 0 Å². The van der Waals surface area contributed by atoms with E-state index in [0.29, 0.717) is 6.54 Å². The second kappa shape index (κ2) is 17.7. The number of hydrogen-bond acceptors (Lipinski definition) is 7. The minimum Gasteiger partial charge on any atom is -0.453 e. The zero-order chi connectivity index (χ0) is 41.8. The van der Waals surface area contributed by atoms with Crippen molar-refractivity contribution >= 4 is 39.0 Å². The summed E-state index contributed by atoms with van der Waals surface area (Å²) in [6.07, 6.45) is 7.49. The molecular formula is C46H56N8O4S. The van der Waals surface area contributed by atoms with Crippen LogP contribution >= 0.6 is 10.0 Å². The lowest BCUT2D eigenvalue weighted by Gasteiger charge is -2.34. The molecular weight excluding hydrogens is 761 g/mol. The van der Waals surface area contributed by atoms with Gasteiger partial charge in [0.2, 0.25) is 11.8 Å². The number of aromatic amines is 2. The third-order valence-corrected chi connectivity index (χ3v) is 13.7. The van der Waals surface area contributed by atoms with Gasteiger partial charge in [-0.05, 0) is 85.8 Å². The number of H-pyrrole nitrogens is 2. The number of likely N-dealkylation sites (N-methyl/N-ethyl adjacent to an activating group) is 1. The number of amides is 3. The highest BCUT2D eigenvalue weighted by Crippen LogP contribution is 2.53. The molecule has 0 unspecified atom stereocenters. The molecule has 2 aliphatic rings. The van der Waals surface area contributed by atoms with Crippen molar-refractivity contribution in [1.82, 2.24) is 40.0 Å². The number of fused-ring (bicyclic) bond motifs is 1. The van der Waals surface area contributed by atoms with Crippen LogP contribution < -0.4 is 5.32 Å². The molecule has 13 heteroatoms. The van der Waals surface area contributed by atoms with Crippen LogP contribution in [-0.2, 0) is 14.3 Å². The van der Waals surface area contributed by atoms with Crippen LogP contribution in [0.4, 0.5) is 4.79 Å². The van der Waals surface area contributed by atoms with Crippen LogP contribution in [0, 0.1) is 17.8 Å². The van der Waals surface area contributed by atoms with Gasteiger partial charge in [0.05, 0.1) is 48.0 Å². The van der Waals surface area contributed by atoms with E-state index in [2.05, 4.69) is 75.4 Å². The van der Waals surface area contributed by atoms with Crippen LogP contribution in [-0.4, -0.2) is 109 Å². The predicted molar refractivity (Wildman–Crippen MR) is 235 cm³/mol. The molecule has 5 aromatic rings. The van der Waals surface area contributed by atoms with Gasteiger partial charge in [0, 0.05) is 23.4 Å². The fourth-order valence-electron chi connectivity index (χ4n) is 8.36. The average Bonchev–Trinajstić information content (AvgIpc) is 4.06. The lowest BCUT2D eigenvalue weighted by molar-refractivity contribution is -0.138. The molecule has 3 aromatic carbocycles. The molecule has 4 atom stereocenters. The molecule has 59 heavy (non-hydrogen) atoms. The van der Waals surface area contributed by atoms with Crippen LogP contribution in [0.15, 0.2) is 79.0 Å². The average molecular weight is 817 g/mol. The predicted octanol–water partition coefficient (Wildman–Crippen LogP) is 7.39. The zero-order valence-electron chi connectivity index (χ0n) is 35.1. The van der Waals surface area contributed by atoms with Crippen molar-refractivity contribution < 1.29 is 19.1 Å². The van der Waals surface area contributed by atoms with Gasteiger partial charge in [-0.2, -0.15) is 0 Å². The summed E-state index contributed by atoms with van der Waals surface area (Å²) >= 11 is 0. The van der Waals surface area contributed by atoms with E-state index in [1.54, 1.807) is 0 Å². The molecule has 12 nitrogen and oxygen atoms in total. The minimum atomic E-state index is -1.04. The summed E-state index contributed by atoms with van der Waals surface area (Å²) in [5.74, 6) is 9.67. The second-order valence-corrected chi connectivity index (χ2v) is 20.5. The number of ether oxygens (including phenoxy) is 1. The van der Waals surface area contributed by atoms with Crippen molar-refractivity contribution in [3.05, 3.63) is 107 Å². The third kappa shape index (κ3) is 9.04. The number of nitrogens with one attached hydrogen (secondary N) is 3. The number of nitrogens with zero attached hydrogens (tertiary/aromatic N) is 5. The second-order valence-electron chi connectivity index (χ2n) is 16.3. The number of carbonyl (C=O) groups excluding carboxylic acids is 3. The highest BCUT2D eigenvalue weighted by atomic mass is 32.3. The number of alkyl carbamates (subject to hydrolysis) is 1. The summed E-state index contributed by atoms with van der Waals surface area (Å²) in [7, 11) is 0.257. The summed E-state index contributed by atoms with van der Waals surface area (Å²) in [6.45, 7) is 10.2. The number of aromatic nitrogens is 4. The first-order chi connectivity index (χ1) is 28.4. The highest BCUT2D eigenvalue weighted by Gasteiger charge is 2.43. The molecule has 2 saturated heterocycles. The van der Waals surface area contributed by atoms with E-state index < -0.39 is 22.2 Å². The molecule has 0 saturated carbocycles. The van der Waals surface area contributed by atoms with Crippen LogP contribution in [0.1, 0.15) is 87.0 Å². The Bertz CT molecular complexity index is 2340. The lowest BCUT2D eigenvalue weighted by atomic mass is 10.0. The van der Waals surface area contributed by atoms with E-state index >= 15 is 0 Å². The standard InChI is InChI=1S/C46H56N8O4S/c1-8-52(9-2)41(34-14-11-10-12-15-34)45(56)54-29-59(6,7)28-39(54)42-47-27-37(50-42)33-22-19-31(20-23-33)17-18-32-21-24-35-36(26-32)49-43(48-35)38-16-13-25-53(38)44(55)40(30(3)4)51-46(57)58-5/h10-12,14-15,19-24,26-27,30,38-41H,8-9,13,16,25,28-29H2,1-7H3,(H,47,50)(H,48,49)(H,51,57)/t38-,39-,40-,41+/m0/s1. The first kappa shape index (κ1) is 41.6. The smallest absolute Gasteiger partial charge is 0.407 e. The van der Waals surface area contributed by atoms with Gasteiger partial charge in [-0.3, -0.25) is 14.5 Å². The van der Waals surface area contributed by atoms with Crippen molar-refractivity contribution in [1.29, 1.82) is 0 Å². The number of carbonyl (C=O) groups is 3. The molecule has 0 radical (unpaired) electrons. The molecule has 0 spiro atoms. The van der Waals surface area contributed by atoms with Gasteiger partial charge in [-0.25, -0.2) is 24.8 Å². The third-order valence-electron chi connectivity index (χ3n) is 11.5. The molecule has 0 aliphatic carbocycles. The first-order valence-corrected chi connectivity index (χ1v) is 23.3. The van der Waals surface area contributed by atoms with Gasteiger partial charge < -0.3 is 29.8 Å². The molecule has 7 rings (SSSR count). The Kier molecular flexibility index (Phi) is 12.5. The quantitative estimate of drug-likeness (QED) is 0.118. The fraction of sp³-hybridized carbons (Fsp3) is 0.413. The molecule has 3 N–H and O–H groups in total. The summed E-state index contributed by atoms with van der Waals surface area (Å²) in [6, 6.07) is 22.8. The van der Waals surface area contributed by atoms with Gasteiger partial charge in [0.15, 0.2) is 0 Å². The Morgan fingerprint density at radius 1 is 0.915 bits per heavy atom. The molecule has 2 aromatic heterocycles. The number of methoxy groups -OCH3 is 1.